The molecule has 0 aliphatic heterocycles. The number of carbonyl (C=O) groups excluding carboxylic acids is 1. The van der Waals surface area contributed by atoms with E-state index in [1.165, 1.54) is 15.6 Å². The zero-order valence-electron chi connectivity index (χ0n) is 11.4. The van der Waals surface area contributed by atoms with Gasteiger partial charge in [-0.15, -0.1) is 11.3 Å². The fourth-order valence-electron chi connectivity index (χ4n) is 2.24. The van der Waals surface area contributed by atoms with E-state index >= 15 is 0 Å². The zero-order valence-corrected chi connectivity index (χ0v) is 13.0. The molecule has 0 saturated heterocycles. The molecule has 106 valence electrons. The molecular formula is C17H15NOS2. The van der Waals surface area contributed by atoms with Crippen molar-refractivity contribution in [2.24, 2.45) is 5.73 Å². The molecule has 2 aromatic carbocycles. The molecule has 1 aromatic heterocycles. The minimum Gasteiger partial charge on any atom is -0.366 e. The summed E-state index contributed by atoms with van der Waals surface area (Å²) in [6.45, 7) is 0. The summed E-state index contributed by atoms with van der Waals surface area (Å²) in [7, 11) is 0. The molecule has 3 rings (SSSR count). The molecule has 21 heavy (non-hydrogen) atoms. The molecule has 0 atom stereocenters. The summed E-state index contributed by atoms with van der Waals surface area (Å²) >= 11 is 3.65. The van der Waals surface area contributed by atoms with Crippen molar-refractivity contribution in [1.29, 1.82) is 0 Å². The van der Waals surface area contributed by atoms with Crippen LogP contribution < -0.4 is 5.73 Å². The summed E-state index contributed by atoms with van der Waals surface area (Å²) in [5, 5.41) is 3.58. The monoisotopic (exact) mass is 313 g/mol. The quantitative estimate of drug-likeness (QED) is 0.757. The average Bonchev–Trinajstić information content (AvgIpc) is 2.91. The molecule has 0 aliphatic carbocycles. The van der Waals surface area contributed by atoms with Gasteiger partial charge in [-0.2, -0.15) is 11.8 Å². The van der Waals surface area contributed by atoms with Crippen molar-refractivity contribution in [3.05, 3.63) is 70.6 Å². The molecule has 0 unspecified atom stereocenters. The van der Waals surface area contributed by atoms with Gasteiger partial charge >= 0.3 is 0 Å². The van der Waals surface area contributed by atoms with Crippen molar-refractivity contribution in [3.8, 4) is 0 Å². The van der Waals surface area contributed by atoms with Gasteiger partial charge in [0.25, 0.3) is 0 Å². The maximum absolute atomic E-state index is 11.2. The number of thiophene rings is 1. The lowest BCUT2D eigenvalue weighted by molar-refractivity contribution is 0.1000. The molecule has 1 amide bonds. The number of fused-ring (bicyclic) bond motifs is 1. The topological polar surface area (TPSA) is 43.1 Å². The van der Waals surface area contributed by atoms with E-state index in [1.807, 2.05) is 30.0 Å². The summed E-state index contributed by atoms with van der Waals surface area (Å²) < 4.78 is 1.34. The van der Waals surface area contributed by atoms with Crippen LogP contribution in [0.1, 0.15) is 21.5 Å². The van der Waals surface area contributed by atoms with E-state index in [1.54, 1.807) is 17.4 Å². The van der Waals surface area contributed by atoms with Crippen LogP contribution in [0, 0.1) is 0 Å². The lowest BCUT2D eigenvalue weighted by Crippen LogP contribution is -2.10. The normalized spacial score (nSPS) is 10.9. The van der Waals surface area contributed by atoms with Crippen LogP contribution in [0.3, 0.4) is 0 Å². The summed E-state index contributed by atoms with van der Waals surface area (Å²) in [4.78, 5) is 11.2. The number of benzene rings is 2. The van der Waals surface area contributed by atoms with Gasteiger partial charge in [0, 0.05) is 21.8 Å². The van der Waals surface area contributed by atoms with Crippen molar-refractivity contribution >= 4 is 39.1 Å². The van der Waals surface area contributed by atoms with E-state index in [4.69, 9.17) is 5.73 Å². The zero-order chi connectivity index (χ0) is 14.7. The average molecular weight is 313 g/mol. The van der Waals surface area contributed by atoms with Crippen LogP contribution in [0.2, 0.25) is 0 Å². The third-order valence-electron chi connectivity index (χ3n) is 3.30. The fraction of sp³-hybridized carbons (Fsp3) is 0.118. The van der Waals surface area contributed by atoms with Crippen molar-refractivity contribution in [2.45, 2.75) is 11.5 Å². The second kappa shape index (κ2) is 6.33. The molecular weight excluding hydrogens is 298 g/mol. The van der Waals surface area contributed by atoms with Crippen LogP contribution in [-0.2, 0) is 11.5 Å². The highest BCUT2D eigenvalue weighted by molar-refractivity contribution is 7.97. The number of thioether (sulfide) groups is 1. The number of hydrogen-bond donors (Lipinski definition) is 1. The fourth-order valence-corrected chi connectivity index (χ4v) is 4.28. The first kappa shape index (κ1) is 14.2. The standard InChI is InChI=1S/C17H15NOS2/c18-17(19)13-5-3-4-12(8-13)9-20-10-14-11-21-16-7-2-1-6-15(14)16/h1-8,11H,9-10H2,(H2,18,19). The minimum atomic E-state index is -0.370. The highest BCUT2D eigenvalue weighted by atomic mass is 32.2. The van der Waals surface area contributed by atoms with Gasteiger partial charge in [0.1, 0.15) is 0 Å². The van der Waals surface area contributed by atoms with Crippen molar-refractivity contribution in [3.63, 3.8) is 0 Å². The number of carbonyl (C=O) groups is 1. The Morgan fingerprint density at radius 2 is 1.95 bits per heavy atom. The van der Waals surface area contributed by atoms with Gasteiger partial charge in [-0.05, 0) is 40.1 Å². The highest BCUT2D eigenvalue weighted by Crippen LogP contribution is 2.29. The smallest absolute Gasteiger partial charge is 0.248 e. The Morgan fingerprint density at radius 1 is 1.10 bits per heavy atom. The van der Waals surface area contributed by atoms with Crippen LogP contribution in [0.25, 0.3) is 10.1 Å². The molecule has 3 aromatic rings. The Kier molecular flexibility index (Phi) is 4.27. The first-order valence-corrected chi connectivity index (χ1v) is 8.69. The summed E-state index contributed by atoms with van der Waals surface area (Å²) in [6.07, 6.45) is 0. The summed E-state index contributed by atoms with van der Waals surface area (Å²) in [5.41, 5.74) is 8.40. The second-order valence-corrected chi connectivity index (χ2v) is 6.71. The van der Waals surface area contributed by atoms with Gasteiger partial charge in [0.2, 0.25) is 5.91 Å². The molecule has 0 aliphatic rings. The molecule has 2 nitrogen and oxygen atoms in total. The Morgan fingerprint density at radius 3 is 2.81 bits per heavy atom. The third kappa shape index (κ3) is 3.28. The van der Waals surface area contributed by atoms with Gasteiger partial charge in [0.15, 0.2) is 0 Å². The highest BCUT2D eigenvalue weighted by Gasteiger charge is 2.05. The first-order valence-electron chi connectivity index (χ1n) is 6.65. The Balaban J connectivity index is 1.66. The van der Waals surface area contributed by atoms with Gasteiger partial charge in [0.05, 0.1) is 0 Å². The predicted octanol–water partition coefficient (Wildman–Crippen LogP) is 4.43. The Bertz CT molecular complexity index is 779. The van der Waals surface area contributed by atoms with Crippen LogP contribution in [0.15, 0.2) is 53.9 Å². The SMILES string of the molecule is NC(=O)c1cccc(CSCc2csc3ccccc23)c1. The predicted molar refractivity (Wildman–Crippen MR) is 91.8 cm³/mol. The van der Waals surface area contributed by atoms with E-state index in [0.717, 1.165) is 17.1 Å². The van der Waals surface area contributed by atoms with Crippen molar-refractivity contribution in [2.75, 3.05) is 0 Å². The van der Waals surface area contributed by atoms with E-state index in [9.17, 15) is 4.79 Å². The van der Waals surface area contributed by atoms with Crippen molar-refractivity contribution in [1.82, 2.24) is 0 Å². The van der Waals surface area contributed by atoms with Gasteiger partial charge in [-0.1, -0.05) is 30.3 Å². The van der Waals surface area contributed by atoms with Crippen LogP contribution >= 0.6 is 23.1 Å². The molecule has 1 heterocycles. The number of nitrogens with two attached hydrogens (primary N) is 1. The molecule has 0 bridgehead atoms. The summed E-state index contributed by atoms with van der Waals surface area (Å²) in [5.74, 6) is 1.49. The van der Waals surface area contributed by atoms with E-state index in [2.05, 4.69) is 29.6 Å². The number of rotatable bonds is 5. The maximum Gasteiger partial charge on any atom is 0.248 e. The van der Waals surface area contributed by atoms with Crippen LogP contribution in [0.5, 0.6) is 0 Å². The lowest BCUT2D eigenvalue weighted by Gasteiger charge is -2.03. The second-order valence-electron chi connectivity index (χ2n) is 4.81. The summed E-state index contributed by atoms with van der Waals surface area (Å²) in [6, 6.07) is 16.0. The molecule has 4 heteroatoms. The maximum atomic E-state index is 11.2. The molecule has 0 spiro atoms. The van der Waals surface area contributed by atoms with Crippen LogP contribution in [0.4, 0.5) is 0 Å². The molecule has 0 fully saturated rings. The van der Waals surface area contributed by atoms with Crippen LogP contribution in [-0.4, -0.2) is 5.91 Å². The Hall–Kier alpha value is -1.78. The molecule has 0 saturated carbocycles. The molecule has 0 radical (unpaired) electrons. The van der Waals surface area contributed by atoms with Gasteiger partial charge in [-0.25, -0.2) is 0 Å². The van der Waals surface area contributed by atoms with Gasteiger partial charge < -0.3 is 5.73 Å². The number of hydrogen-bond acceptors (Lipinski definition) is 3. The third-order valence-corrected chi connectivity index (χ3v) is 5.36. The minimum absolute atomic E-state index is 0.370. The largest absolute Gasteiger partial charge is 0.366 e. The number of primary amides is 1. The van der Waals surface area contributed by atoms with E-state index in [-0.39, 0.29) is 5.91 Å². The first-order chi connectivity index (χ1) is 10.2. The lowest BCUT2D eigenvalue weighted by atomic mass is 10.1. The number of amides is 1. The van der Waals surface area contributed by atoms with Gasteiger partial charge in [-0.3, -0.25) is 4.79 Å². The Labute approximate surface area is 132 Å². The van der Waals surface area contributed by atoms with E-state index in [0.29, 0.717) is 5.56 Å². The van der Waals surface area contributed by atoms with Crippen molar-refractivity contribution < 1.29 is 4.79 Å². The van der Waals surface area contributed by atoms with E-state index < -0.39 is 0 Å². The molecule has 2 N–H and O–H groups in total.